The standard InChI is InChI=1S/C28H48N6O7S/c1-27(2,3)20(16-33-12-8-14-42(33,40)41)31-26(39)32-22(28(4,5)6)25(38)34-13-7-9-19(34)24(37)30-18(15-17-10-11-17)21(35)23(29)36/h17-20,22H,7-16H2,1-6H3,(H2,29,36)(H,30,37)(H2,31,32,39)/t18?,19-,20+,22+/m0/s1. The second-order valence-corrected chi connectivity index (χ2v) is 16.1. The molecule has 2 saturated heterocycles. The van der Waals surface area contributed by atoms with Crippen LogP contribution in [0.15, 0.2) is 0 Å². The Bertz CT molecular complexity index is 1170. The van der Waals surface area contributed by atoms with Gasteiger partial charge in [0, 0.05) is 25.7 Å². The van der Waals surface area contributed by atoms with Crippen LogP contribution in [-0.4, -0.2) is 96.7 Å². The van der Waals surface area contributed by atoms with E-state index in [1.807, 2.05) is 20.8 Å². The number of primary amides is 1. The van der Waals surface area contributed by atoms with Crippen LogP contribution in [0.5, 0.6) is 0 Å². The highest BCUT2D eigenvalue weighted by Gasteiger charge is 2.44. The molecule has 3 aliphatic rings. The van der Waals surface area contributed by atoms with Crippen LogP contribution in [0.3, 0.4) is 0 Å². The van der Waals surface area contributed by atoms with E-state index in [0.29, 0.717) is 38.8 Å². The zero-order valence-corrected chi connectivity index (χ0v) is 26.5. The van der Waals surface area contributed by atoms with Crippen LogP contribution in [0.25, 0.3) is 0 Å². The first kappa shape index (κ1) is 33.8. The van der Waals surface area contributed by atoms with E-state index in [2.05, 4.69) is 16.0 Å². The van der Waals surface area contributed by atoms with Crippen molar-refractivity contribution in [2.24, 2.45) is 22.5 Å². The quantitative estimate of drug-likeness (QED) is 0.244. The molecule has 4 atom stereocenters. The molecule has 0 bridgehead atoms. The highest BCUT2D eigenvalue weighted by molar-refractivity contribution is 7.89. The Balaban J connectivity index is 1.72. The predicted octanol–water partition coefficient (Wildman–Crippen LogP) is 0.481. The van der Waals surface area contributed by atoms with Crippen molar-refractivity contribution in [1.82, 2.24) is 25.2 Å². The van der Waals surface area contributed by atoms with E-state index in [0.717, 1.165) is 12.8 Å². The number of nitrogens with one attached hydrogen (secondary N) is 3. The first-order chi connectivity index (χ1) is 19.3. The average Bonchev–Trinajstić information content (AvgIpc) is 3.42. The van der Waals surface area contributed by atoms with Crippen LogP contribution >= 0.6 is 0 Å². The molecule has 0 aromatic carbocycles. The number of nitrogens with two attached hydrogens (primary N) is 1. The first-order valence-corrected chi connectivity index (χ1v) is 16.4. The zero-order valence-electron chi connectivity index (χ0n) is 25.7. The molecule has 5 N–H and O–H groups in total. The minimum atomic E-state index is -3.37. The summed E-state index contributed by atoms with van der Waals surface area (Å²) in [5, 5.41) is 8.34. The maximum absolute atomic E-state index is 13.9. The van der Waals surface area contributed by atoms with Crippen molar-refractivity contribution in [1.29, 1.82) is 0 Å². The molecule has 42 heavy (non-hydrogen) atoms. The van der Waals surface area contributed by atoms with Crippen molar-refractivity contribution in [3.63, 3.8) is 0 Å². The number of rotatable bonds is 11. The maximum atomic E-state index is 13.9. The molecule has 1 unspecified atom stereocenters. The Labute approximate surface area is 249 Å². The van der Waals surface area contributed by atoms with Gasteiger partial charge < -0.3 is 26.6 Å². The molecule has 14 heteroatoms. The molecule has 0 aromatic rings. The molecule has 1 aliphatic carbocycles. The van der Waals surface area contributed by atoms with Crippen LogP contribution in [0, 0.1) is 16.7 Å². The fraction of sp³-hybridized carbons (Fsp3) is 0.821. The van der Waals surface area contributed by atoms with Crippen molar-refractivity contribution >= 4 is 39.6 Å². The summed E-state index contributed by atoms with van der Waals surface area (Å²) in [7, 11) is -3.37. The second kappa shape index (κ2) is 12.9. The highest BCUT2D eigenvalue weighted by Crippen LogP contribution is 2.34. The smallest absolute Gasteiger partial charge is 0.315 e. The summed E-state index contributed by atoms with van der Waals surface area (Å²) in [6, 6.07) is -4.04. The molecule has 3 rings (SSSR count). The summed E-state index contributed by atoms with van der Waals surface area (Å²) in [6.07, 6.45) is 3.62. The molecule has 0 spiro atoms. The summed E-state index contributed by atoms with van der Waals surface area (Å²) < 4.78 is 26.2. The van der Waals surface area contributed by atoms with Gasteiger partial charge in [0.15, 0.2) is 0 Å². The third-order valence-electron chi connectivity index (χ3n) is 8.31. The number of carbonyl (C=O) groups is 5. The van der Waals surface area contributed by atoms with Crippen molar-refractivity contribution in [3.05, 3.63) is 0 Å². The largest absolute Gasteiger partial charge is 0.363 e. The lowest BCUT2D eigenvalue weighted by Gasteiger charge is -2.37. The van der Waals surface area contributed by atoms with Gasteiger partial charge in [0.2, 0.25) is 27.6 Å². The van der Waals surface area contributed by atoms with Crippen LogP contribution < -0.4 is 21.7 Å². The van der Waals surface area contributed by atoms with E-state index >= 15 is 0 Å². The van der Waals surface area contributed by atoms with Crippen molar-refractivity contribution in [2.45, 2.75) is 104 Å². The van der Waals surface area contributed by atoms with Gasteiger partial charge in [-0.3, -0.25) is 19.2 Å². The highest BCUT2D eigenvalue weighted by atomic mass is 32.2. The monoisotopic (exact) mass is 612 g/mol. The number of amides is 5. The SMILES string of the molecule is CC(C)(C)[C@H](NC(=O)N[C@H](CN1CCCS1(=O)=O)C(C)(C)C)C(=O)N1CCC[C@H]1C(=O)NC(CC1CC1)C(=O)C(N)=O. The second-order valence-electron chi connectivity index (χ2n) is 14.0. The van der Waals surface area contributed by atoms with Crippen LogP contribution in [-0.2, 0) is 29.2 Å². The number of carbonyl (C=O) groups excluding carboxylic acids is 5. The number of hydrogen-bond acceptors (Lipinski definition) is 7. The van der Waals surface area contributed by atoms with Crippen LogP contribution in [0.4, 0.5) is 4.79 Å². The summed E-state index contributed by atoms with van der Waals surface area (Å²) >= 11 is 0. The van der Waals surface area contributed by atoms with E-state index in [1.165, 1.54) is 9.21 Å². The van der Waals surface area contributed by atoms with Crippen molar-refractivity contribution in [3.8, 4) is 0 Å². The normalized spacial score (nSPS) is 23.1. The third-order valence-corrected chi connectivity index (χ3v) is 10.2. The lowest BCUT2D eigenvalue weighted by molar-refractivity contribution is -0.143. The maximum Gasteiger partial charge on any atom is 0.315 e. The third kappa shape index (κ3) is 8.65. The summed E-state index contributed by atoms with van der Waals surface area (Å²) in [5.74, 6) is -2.61. The Hall–Kier alpha value is -2.74. The lowest BCUT2D eigenvalue weighted by Crippen LogP contribution is -2.61. The number of hydrogen-bond donors (Lipinski definition) is 4. The van der Waals surface area contributed by atoms with Gasteiger partial charge in [-0.2, -0.15) is 4.31 Å². The van der Waals surface area contributed by atoms with Crippen molar-refractivity contribution < 1.29 is 32.4 Å². The van der Waals surface area contributed by atoms with Gasteiger partial charge in [-0.1, -0.05) is 54.4 Å². The van der Waals surface area contributed by atoms with Gasteiger partial charge in [-0.05, 0) is 42.4 Å². The minimum Gasteiger partial charge on any atom is -0.363 e. The molecule has 3 fully saturated rings. The van der Waals surface area contributed by atoms with E-state index in [1.54, 1.807) is 20.8 Å². The molecular weight excluding hydrogens is 564 g/mol. The average molecular weight is 613 g/mol. The molecule has 238 valence electrons. The van der Waals surface area contributed by atoms with E-state index in [9.17, 15) is 32.4 Å². The molecule has 13 nitrogen and oxygen atoms in total. The first-order valence-electron chi connectivity index (χ1n) is 14.8. The minimum absolute atomic E-state index is 0.0826. The Morgan fingerprint density at radius 2 is 1.52 bits per heavy atom. The van der Waals surface area contributed by atoms with Gasteiger partial charge >= 0.3 is 6.03 Å². The molecule has 0 radical (unpaired) electrons. The molecular formula is C28H48N6O7S. The van der Waals surface area contributed by atoms with Gasteiger partial charge in [-0.25, -0.2) is 13.2 Å². The number of likely N-dealkylation sites (tertiary alicyclic amines) is 1. The Morgan fingerprint density at radius 3 is 2.02 bits per heavy atom. The lowest BCUT2D eigenvalue weighted by atomic mass is 9.85. The topological polar surface area (TPSA) is 188 Å². The molecule has 2 heterocycles. The summed E-state index contributed by atoms with van der Waals surface area (Å²) in [6.45, 7) is 11.9. The van der Waals surface area contributed by atoms with Crippen molar-refractivity contribution in [2.75, 3.05) is 25.4 Å². The van der Waals surface area contributed by atoms with Gasteiger partial charge in [0.25, 0.3) is 5.91 Å². The van der Waals surface area contributed by atoms with Gasteiger partial charge in [0.05, 0.1) is 11.8 Å². The summed E-state index contributed by atoms with van der Waals surface area (Å²) in [4.78, 5) is 65.8. The van der Waals surface area contributed by atoms with Gasteiger partial charge in [0.1, 0.15) is 12.1 Å². The number of Topliss-reactive ketones (excluding diaryl/α,β-unsaturated/α-hetero) is 1. The fourth-order valence-electron chi connectivity index (χ4n) is 5.44. The van der Waals surface area contributed by atoms with E-state index in [-0.39, 0.29) is 18.2 Å². The van der Waals surface area contributed by atoms with Crippen LogP contribution in [0.2, 0.25) is 0 Å². The number of urea groups is 1. The zero-order chi connectivity index (χ0) is 31.6. The van der Waals surface area contributed by atoms with E-state index in [4.69, 9.17) is 5.73 Å². The molecule has 0 aromatic heterocycles. The van der Waals surface area contributed by atoms with Crippen LogP contribution in [0.1, 0.15) is 80.1 Å². The number of nitrogens with zero attached hydrogens (tertiary/aromatic N) is 2. The molecule has 5 amide bonds. The molecule has 1 saturated carbocycles. The molecule has 2 aliphatic heterocycles. The Kier molecular flexibility index (Phi) is 10.3. The summed E-state index contributed by atoms with van der Waals surface area (Å²) in [5.41, 5.74) is 4.00. The fourth-order valence-corrected chi connectivity index (χ4v) is 6.98. The Morgan fingerprint density at radius 1 is 0.881 bits per heavy atom. The van der Waals surface area contributed by atoms with E-state index < -0.39 is 74.6 Å². The number of sulfonamides is 1. The predicted molar refractivity (Wildman–Crippen MR) is 156 cm³/mol. The number of ketones is 1. The van der Waals surface area contributed by atoms with Gasteiger partial charge in [-0.15, -0.1) is 0 Å².